The zero-order chi connectivity index (χ0) is 15.8. The number of aromatic hydroxyl groups is 1. The second-order valence-corrected chi connectivity index (χ2v) is 6.88. The Bertz CT molecular complexity index is 1100. The molecular weight excluding hydrogens is 282 g/mol. The molecule has 0 saturated carbocycles. The molecule has 0 fully saturated rings. The van der Waals surface area contributed by atoms with E-state index in [-0.39, 0.29) is 5.41 Å². The number of nitrogens with zero attached hydrogens (tertiary/aromatic N) is 1. The van der Waals surface area contributed by atoms with Gasteiger partial charge in [0.1, 0.15) is 5.75 Å². The SMILES string of the molecule is CC1(C)c2ccccc2-n2c3ccc(O)cc3c3cccc1c32. The van der Waals surface area contributed by atoms with Gasteiger partial charge in [-0.25, -0.2) is 0 Å². The highest BCUT2D eigenvalue weighted by Crippen LogP contribution is 2.47. The molecule has 23 heavy (non-hydrogen) atoms. The van der Waals surface area contributed by atoms with Crippen molar-refractivity contribution >= 4 is 21.8 Å². The number of para-hydroxylation sites is 2. The molecule has 0 saturated heterocycles. The fourth-order valence-electron chi connectivity index (χ4n) is 4.15. The quantitative estimate of drug-likeness (QED) is 0.478. The molecule has 1 aliphatic rings. The van der Waals surface area contributed by atoms with Crippen LogP contribution in [0.5, 0.6) is 5.75 Å². The van der Waals surface area contributed by atoms with Crippen molar-refractivity contribution in [1.29, 1.82) is 0 Å². The molecular formula is C21H17NO. The Morgan fingerprint density at radius 1 is 0.826 bits per heavy atom. The zero-order valence-corrected chi connectivity index (χ0v) is 13.2. The van der Waals surface area contributed by atoms with Gasteiger partial charge >= 0.3 is 0 Å². The van der Waals surface area contributed by atoms with Crippen LogP contribution < -0.4 is 0 Å². The molecule has 1 aliphatic heterocycles. The van der Waals surface area contributed by atoms with Crippen LogP contribution in [0.15, 0.2) is 60.7 Å². The van der Waals surface area contributed by atoms with E-state index in [1.807, 2.05) is 12.1 Å². The summed E-state index contributed by atoms with van der Waals surface area (Å²) in [5, 5.41) is 12.3. The number of benzene rings is 3. The summed E-state index contributed by atoms with van der Waals surface area (Å²) in [6.07, 6.45) is 0. The summed E-state index contributed by atoms with van der Waals surface area (Å²) in [7, 11) is 0. The van der Waals surface area contributed by atoms with Gasteiger partial charge in [0.15, 0.2) is 0 Å². The van der Waals surface area contributed by atoms with Gasteiger partial charge in [-0.15, -0.1) is 0 Å². The van der Waals surface area contributed by atoms with E-state index in [2.05, 4.69) is 60.9 Å². The lowest BCUT2D eigenvalue weighted by Crippen LogP contribution is -2.26. The van der Waals surface area contributed by atoms with Gasteiger partial charge in [-0.3, -0.25) is 0 Å². The molecule has 2 nitrogen and oxygen atoms in total. The molecule has 0 radical (unpaired) electrons. The van der Waals surface area contributed by atoms with Crippen molar-refractivity contribution < 1.29 is 5.11 Å². The molecule has 2 heteroatoms. The largest absolute Gasteiger partial charge is 0.508 e. The summed E-state index contributed by atoms with van der Waals surface area (Å²) in [6.45, 7) is 4.58. The Kier molecular flexibility index (Phi) is 2.20. The number of fused-ring (bicyclic) bond motifs is 5. The summed E-state index contributed by atoms with van der Waals surface area (Å²) in [5.74, 6) is 0.314. The first-order valence-corrected chi connectivity index (χ1v) is 7.95. The smallest absolute Gasteiger partial charge is 0.116 e. The normalized spacial score (nSPS) is 15.0. The maximum Gasteiger partial charge on any atom is 0.116 e. The molecule has 0 amide bonds. The third kappa shape index (κ3) is 1.43. The van der Waals surface area contributed by atoms with Crippen LogP contribution in [-0.4, -0.2) is 9.67 Å². The molecule has 0 bridgehead atoms. The molecule has 0 unspecified atom stereocenters. The Labute approximate surface area is 134 Å². The van der Waals surface area contributed by atoms with Crippen LogP contribution in [0.25, 0.3) is 27.5 Å². The molecule has 0 aliphatic carbocycles. The lowest BCUT2D eigenvalue weighted by molar-refractivity contribution is 0.476. The number of phenolic OH excluding ortho intramolecular Hbond substituents is 1. The number of hydrogen-bond acceptors (Lipinski definition) is 1. The Hall–Kier alpha value is -2.74. The molecule has 1 N–H and O–H groups in total. The molecule has 5 rings (SSSR count). The van der Waals surface area contributed by atoms with Crippen molar-refractivity contribution in [3.63, 3.8) is 0 Å². The van der Waals surface area contributed by atoms with Crippen LogP contribution in [0.3, 0.4) is 0 Å². The predicted molar refractivity (Wildman–Crippen MR) is 94.6 cm³/mol. The van der Waals surface area contributed by atoms with Crippen LogP contribution in [-0.2, 0) is 5.41 Å². The van der Waals surface area contributed by atoms with Crippen molar-refractivity contribution in [2.24, 2.45) is 0 Å². The highest BCUT2D eigenvalue weighted by atomic mass is 16.3. The summed E-state index contributed by atoms with van der Waals surface area (Å²) >= 11 is 0. The first-order valence-electron chi connectivity index (χ1n) is 7.95. The van der Waals surface area contributed by atoms with E-state index in [1.54, 1.807) is 6.07 Å². The fraction of sp³-hybridized carbons (Fsp3) is 0.143. The maximum absolute atomic E-state index is 9.95. The molecule has 4 aromatic rings. The van der Waals surface area contributed by atoms with Crippen molar-refractivity contribution in [1.82, 2.24) is 4.57 Å². The van der Waals surface area contributed by atoms with E-state index in [0.29, 0.717) is 5.75 Å². The molecule has 0 atom stereocenters. The summed E-state index contributed by atoms with van der Waals surface area (Å²) in [5.41, 5.74) is 6.28. The van der Waals surface area contributed by atoms with Gasteiger partial charge in [0.25, 0.3) is 0 Å². The van der Waals surface area contributed by atoms with E-state index in [4.69, 9.17) is 0 Å². The van der Waals surface area contributed by atoms with E-state index < -0.39 is 0 Å². The average molecular weight is 299 g/mol. The lowest BCUT2D eigenvalue weighted by Gasteiger charge is -2.34. The van der Waals surface area contributed by atoms with Gasteiger partial charge in [0.2, 0.25) is 0 Å². The van der Waals surface area contributed by atoms with Crippen LogP contribution in [0.4, 0.5) is 0 Å². The van der Waals surface area contributed by atoms with Crippen molar-refractivity contribution in [2.45, 2.75) is 19.3 Å². The van der Waals surface area contributed by atoms with Gasteiger partial charge in [-0.1, -0.05) is 50.2 Å². The second-order valence-electron chi connectivity index (χ2n) is 6.88. The predicted octanol–water partition coefficient (Wildman–Crippen LogP) is 5.13. The summed E-state index contributed by atoms with van der Waals surface area (Å²) in [6, 6.07) is 20.8. The van der Waals surface area contributed by atoms with Crippen molar-refractivity contribution in [3.05, 3.63) is 71.8 Å². The summed E-state index contributed by atoms with van der Waals surface area (Å²) in [4.78, 5) is 0. The zero-order valence-electron chi connectivity index (χ0n) is 13.2. The molecule has 0 spiro atoms. The van der Waals surface area contributed by atoms with Gasteiger partial charge in [0.05, 0.1) is 16.7 Å². The van der Waals surface area contributed by atoms with Crippen molar-refractivity contribution in [3.8, 4) is 11.4 Å². The second kappa shape index (κ2) is 3.96. The third-order valence-corrected chi connectivity index (χ3v) is 5.26. The number of phenols is 1. The molecule has 2 heterocycles. The standard InChI is InChI=1S/C21H17NO/c1-21(2)16-7-3-4-9-19(16)22-18-11-10-13(23)12-15(18)14-6-5-8-17(21)20(14)22/h3-12,23H,1-2H3. The average Bonchev–Trinajstić information content (AvgIpc) is 2.88. The van der Waals surface area contributed by atoms with Gasteiger partial charge in [-0.05, 0) is 35.4 Å². The minimum Gasteiger partial charge on any atom is -0.508 e. The fourth-order valence-corrected chi connectivity index (χ4v) is 4.15. The molecule has 112 valence electrons. The van der Waals surface area contributed by atoms with Gasteiger partial charge < -0.3 is 9.67 Å². The Balaban J connectivity index is 2.13. The maximum atomic E-state index is 9.95. The Morgan fingerprint density at radius 2 is 1.61 bits per heavy atom. The van der Waals surface area contributed by atoms with Crippen LogP contribution >= 0.6 is 0 Å². The highest BCUT2D eigenvalue weighted by molar-refractivity contribution is 6.11. The molecule has 1 aromatic heterocycles. The van der Waals surface area contributed by atoms with Gasteiger partial charge in [0, 0.05) is 16.2 Å². The van der Waals surface area contributed by atoms with E-state index in [0.717, 1.165) is 10.9 Å². The highest BCUT2D eigenvalue weighted by Gasteiger charge is 2.34. The van der Waals surface area contributed by atoms with Crippen LogP contribution in [0, 0.1) is 0 Å². The number of rotatable bonds is 0. The number of aromatic nitrogens is 1. The monoisotopic (exact) mass is 299 g/mol. The van der Waals surface area contributed by atoms with E-state index in [9.17, 15) is 5.11 Å². The first-order chi connectivity index (χ1) is 11.1. The Morgan fingerprint density at radius 3 is 2.48 bits per heavy atom. The van der Waals surface area contributed by atoms with Crippen molar-refractivity contribution in [2.75, 3.05) is 0 Å². The van der Waals surface area contributed by atoms with Gasteiger partial charge in [-0.2, -0.15) is 0 Å². The summed E-state index contributed by atoms with van der Waals surface area (Å²) < 4.78 is 2.35. The van der Waals surface area contributed by atoms with Crippen LogP contribution in [0.2, 0.25) is 0 Å². The lowest BCUT2D eigenvalue weighted by atomic mass is 9.75. The van der Waals surface area contributed by atoms with E-state index >= 15 is 0 Å². The molecule has 3 aromatic carbocycles. The van der Waals surface area contributed by atoms with E-state index in [1.165, 1.54) is 27.7 Å². The minimum atomic E-state index is -0.0392. The first kappa shape index (κ1) is 12.8. The number of hydrogen-bond donors (Lipinski definition) is 1. The third-order valence-electron chi connectivity index (χ3n) is 5.26. The van der Waals surface area contributed by atoms with Crippen LogP contribution in [0.1, 0.15) is 25.0 Å². The topological polar surface area (TPSA) is 25.2 Å². The minimum absolute atomic E-state index is 0.0392.